The minimum atomic E-state index is -0.982. The molecule has 0 bridgehead atoms. The molecule has 4 rings (SSSR count). The van der Waals surface area contributed by atoms with Gasteiger partial charge in [-0.25, -0.2) is 8.78 Å². The first kappa shape index (κ1) is 29.0. The minimum absolute atomic E-state index is 0.0745. The summed E-state index contributed by atoms with van der Waals surface area (Å²) in [5.74, 6) is -1.52. The Balaban J connectivity index is 1.40. The summed E-state index contributed by atoms with van der Waals surface area (Å²) in [6, 6.07) is 15.3. The number of benzene rings is 3. The maximum absolute atomic E-state index is 15.2. The highest BCUT2D eigenvalue weighted by atomic mass is 19.2. The van der Waals surface area contributed by atoms with Crippen LogP contribution in [0.3, 0.4) is 0 Å². The summed E-state index contributed by atoms with van der Waals surface area (Å²) >= 11 is 0. The topological polar surface area (TPSA) is 9.23 Å². The van der Waals surface area contributed by atoms with Gasteiger partial charge in [-0.2, -0.15) is 4.39 Å². The molecular formula is C35H41F3O. The van der Waals surface area contributed by atoms with Crippen LogP contribution in [0, 0.1) is 23.4 Å². The summed E-state index contributed by atoms with van der Waals surface area (Å²) in [4.78, 5) is 0. The lowest BCUT2D eigenvalue weighted by Gasteiger charge is -2.22. The van der Waals surface area contributed by atoms with Crippen LogP contribution in [0.4, 0.5) is 13.2 Å². The zero-order valence-electron chi connectivity index (χ0n) is 23.4. The van der Waals surface area contributed by atoms with Gasteiger partial charge in [0.1, 0.15) is 5.82 Å². The zero-order valence-corrected chi connectivity index (χ0v) is 23.4. The Morgan fingerprint density at radius 1 is 0.718 bits per heavy atom. The van der Waals surface area contributed by atoms with Crippen LogP contribution in [0.5, 0.6) is 5.75 Å². The minimum Gasteiger partial charge on any atom is -0.490 e. The molecule has 1 unspecified atom stereocenters. The molecule has 0 N–H and O–H groups in total. The molecule has 1 nitrogen and oxygen atoms in total. The molecular weight excluding hydrogens is 493 g/mol. The average molecular weight is 535 g/mol. The molecule has 0 saturated carbocycles. The van der Waals surface area contributed by atoms with Crippen LogP contribution in [0.15, 0.2) is 60.7 Å². The van der Waals surface area contributed by atoms with Gasteiger partial charge in [-0.1, -0.05) is 101 Å². The van der Waals surface area contributed by atoms with Gasteiger partial charge < -0.3 is 4.74 Å². The molecule has 0 aromatic heterocycles. The second kappa shape index (κ2) is 14.4. The van der Waals surface area contributed by atoms with Crippen molar-refractivity contribution >= 4 is 5.57 Å². The Hall–Kier alpha value is -3.01. The van der Waals surface area contributed by atoms with Gasteiger partial charge >= 0.3 is 0 Å². The van der Waals surface area contributed by atoms with E-state index in [9.17, 15) is 8.78 Å². The Bertz CT molecular complexity index is 1250. The van der Waals surface area contributed by atoms with E-state index >= 15 is 4.39 Å². The maximum Gasteiger partial charge on any atom is 0.201 e. The van der Waals surface area contributed by atoms with E-state index in [0.717, 1.165) is 37.2 Å². The maximum atomic E-state index is 15.2. The number of rotatable bonds is 13. The molecule has 0 aliphatic heterocycles. The third-order valence-electron chi connectivity index (χ3n) is 7.88. The van der Waals surface area contributed by atoms with Crippen molar-refractivity contribution < 1.29 is 17.9 Å². The van der Waals surface area contributed by atoms with Crippen LogP contribution in [0.2, 0.25) is 0 Å². The Morgan fingerprint density at radius 3 is 2.05 bits per heavy atom. The second-order valence-corrected chi connectivity index (χ2v) is 10.8. The fourth-order valence-corrected chi connectivity index (χ4v) is 5.42. The van der Waals surface area contributed by atoms with E-state index in [-0.39, 0.29) is 17.1 Å². The largest absolute Gasteiger partial charge is 0.490 e. The van der Waals surface area contributed by atoms with Crippen molar-refractivity contribution in [2.75, 3.05) is 6.61 Å². The summed E-state index contributed by atoms with van der Waals surface area (Å²) in [7, 11) is 0. The van der Waals surface area contributed by atoms with Gasteiger partial charge in [-0.15, -0.1) is 0 Å². The SMILES string of the molecule is CCCCCCCC1CC=C(c2ccc(-c3ccc(-c4ccc(OCCCC)c(F)c4F)cc3)c(F)c2)CC1. The third kappa shape index (κ3) is 7.56. The number of hydrogen-bond acceptors (Lipinski definition) is 1. The van der Waals surface area contributed by atoms with Gasteiger partial charge in [-0.05, 0) is 72.1 Å². The molecule has 0 heterocycles. The molecule has 1 atom stereocenters. The summed E-state index contributed by atoms with van der Waals surface area (Å²) in [5, 5.41) is 0. The zero-order chi connectivity index (χ0) is 27.6. The molecule has 3 aromatic rings. The van der Waals surface area contributed by atoms with E-state index in [4.69, 9.17) is 4.74 Å². The van der Waals surface area contributed by atoms with Crippen molar-refractivity contribution in [2.45, 2.75) is 84.5 Å². The van der Waals surface area contributed by atoms with Crippen molar-refractivity contribution in [3.8, 4) is 28.0 Å². The molecule has 4 heteroatoms. The summed E-state index contributed by atoms with van der Waals surface area (Å²) in [6.07, 6.45) is 15.1. The first-order chi connectivity index (χ1) is 19.0. The molecule has 0 saturated heterocycles. The summed E-state index contributed by atoms with van der Waals surface area (Å²) < 4.78 is 49.9. The van der Waals surface area contributed by atoms with Crippen molar-refractivity contribution in [1.82, 2.24) is 0 Å². The number of allylic oxidation sites excluding steroid dienone is 2. The number of hydrogen-bond donors (Lipinski definition) is 0. The predicted octanol–water partition coefficient (Wildman–Crippen LogP) is 11.2. The quantitative estimate of drug-likeness (QED) is 0.198. The fraction of sp³-hybridized carbons (Fsp3) is 0.429. The molecule has 1 aliphatic rings. The van der Waals surface area contributed by atoms with E-state index in [1.165, 1.54) is 62.7 Å². The lowest BCUT2D eigenvalue weighted by Crippen LogP contribution is -2.05. The van der Waals surface area contributed by atoms with Gasteiger partial charge in [-0.3, -0.25) is 0 Å². The Labute approximate surface area is 232 Å². The van der Waals surface area contributed by atoms with Gasteiger partial charge in [0.25, 0.3) is 0 Å². The van der Waals surface area contributed by atoms with Crippen LogP contribution < -0.4 is 4.74 Å². The first-order valence-corrected chi connectivity index (χ1v) is 14.7. The molecule has 39 heavy (non-hydrogen) atoms. The van der Waals surface area contributed by atoms with E-state index in [2.05, 4.69) is 13.0 Å². The van der Waals surface area contributed by atoms with E-state index < -0.39 is 11.6 Å². The smallest absolute Gasteiger partial charge is 0.201 e. The van der Waals surface area contributed by atoms with Gasteiger partial charge in [0, 0.05) is 11.1 Å². The van der Waals surface area contributed by atoms with E-state index in [1.54, 1.807) is 30.3 Å². The Morgan fingerprint density at radius 2 is 1.38 bits per heavy atom. The summed E-state index contributed by atoms with van der Waals surface area (Å²) in [6.45, 7) is 4.60. The van der Waals surface area contributed by atoms with Gasteiger partial charge in [0.15, 0.2) is 11.6 Å². The number of unbranched alkanes of at least 4 members (excludes halogenated alkanes) is 5. The van der Waals surface area contributed by atoms with Crippen molar-refractivity contribution in [2.24, 2.45) is 5.92 Å². The highest BCUT2D eigenvalue weighted by Crippen LogP contribution is 2.36. The Kier molecular flexibility index (Phi) is 10.7. The molecule has 0 fully saturated rings. The van der Waals surface area contributed by atoms with Crippen LogP contribution in [0.25, 0.3) is 27.8 Å². The van der Waals surface area contributed by atoms with Gasteiger partial charge in [0.2, 0.25) is 5.82 Å². The van der Waals surface area contributed by atoms with Crippen LogP contribution in [0.1, 0.15) is 90.0 Å². The molecule has 0 radical (unpaired) electrons. The van der Waals surface area contributed by atoms with Gasteiger partial charge in [0.05, 0.1) is 6.61 Å². The number of halogens is 3. The monoisotopic (exact) mass is 534 g/mol. The highest BCUT2D eigenvalue weighted by molar-refractivity contribution is 5.74. The molecule has 0 spiro atoms. The van der Waals surface area contributed by atoms with Crippen LogP contribution in [-0.2, 0) is 0 Å². The predicted molar refractivity (Wildman–Crippen MR) is 156 cm³/mol. The molecule has 0 amide bonds. The lowest BCUT2D eigenvalue weighted by atomic mass is 9.83. The first-order valence-electron chi connectivity index (χ1n) is 14.7. The van der Waals surface area contributed by atoms with Crippen molar-refractivity contribution in [3.63, 3.8) is 0 Å². The van der Waals surface area contributed by atoms with Crippen molar-refractivity contribution in [3.05, 3.63) is 83.7 Å². The van der Waals surface area contributed by atoms with Crippen LogP contribution >= 0.6 is 0 Å². The van der Waals surface area contributed by atoms with E-state index in [0.29, 0.717) is 23.3 Å². The second-order valence-electron chi connectivity index (χ2n) is 10.8. The molecule has 1 aliphatic carbocycles. The molecule has 208 valence electrons. The normalized spacial score (nSPS) is 15.3. The van der Waals surface area contributed by atoms with E-state index in [1.807, 2.05) is 19.1 Å². The third-order valence-corrected chi connectivity index (χ3v) is 7.88. The fourth-order valence-electron chi connectivity index (χ4n) is 5.42. The lowest BCUT2D eigenvalue weighted by molar-refractivity contribution is 0.289. The molecule has 3 aromatic carbocycles. The highest BCUT2D eigenvalue weighted by Gasteiger charge is 2.18. The standard InChI is InChI=1S/C35H41F3O/c1-3-5-7-8-9-10-25-11-13-26(14-12-25)29-19-20-30(32(36)24-29)27-15-17-28(18-16-27)31-21-22-33(35(38)34(31)37)39-23-6-4-2/h13,15-22,24-25H,3-12,14,23H2,1-2H3. The van der Waals surface area contributed by atoms with Crippen molar-refractivity contribution in [1.29, 1.82) is 0 Å². The van der Waals surface area contributed by atoms with Crippen LogP contribution in [-0.4, -0.2) is 6.61 Å². The average Bonchev–Trinajstić information content (AvgIpc) is 2.96. The number of ether oxygens (including phenoxy) is 1. The summed E-state index contributed by atoms with van der Waals surface area (Å²) in [5.41, 5.74) is 4.06.